The molecule has 1 unspecified atom stereocenters. The molecule has 0 saturated carbocycles. The monoisotopic (exact) mass is 577 g/mol. The minimum absolute atomic E-state index is 0.0838. The number of nitrogens with two attached hydrogens (primary N) is 1. The number of methoxy groups -OCH3 is 1. The van der Waals surface area contributed by atoms with Crippen LogP contribution >= 0.6 is 15.9 Å². The van der Waals surface area contributed by atoms with Crippen LogP contribution < -0.4 is 10.6 Å². The van der Waals surface area contributed by atoms with Gasteiger partial charge in [-0.05, 0) is 61.2 Å². The molecule has 8 nitrogen and oxygen atoms in total. The number of carbonyl (C=O) groups excluding carboxylic acids is 2. The Balaban J connectivity index is 2.33. The molecule has 0 saturated heterocycles. The average Bonchev–Trinajstić information content (AvgIpc) is 2.86. The number of halogens is 4. The molecular formula is C25H23BrF3N5O3. The van der Waals surface area contributed by atoms with Gasteiger partial charge in [-0.25, -0.2) is 9.59 Å². The van der Waals surface area contributed by atoms with Crippen LogP contribution in [0.5, 0.6) is 0 Å². The number of amides is 2. The van der Waals surface area contributed by atoms with E-state index in [1.807, 2.05) is 0 Å². The van der Waals surface area contributed by atoms with Crippen molar-refractivity contribution in [1.29, 1.82) is 10.7 Å². The zero-order valence-corrected chi connectivity index (χ0v) is 21.5. The van der Waals surface area contributed by atoms with E-state index >= 15 is 0 Å². The summed E-state index contributed by atoms with van der Waals surface area (Å²) in [5.41, 5.74) is 6.07. The number of rotatable bonds is 6. The van der Waals surface area contributed by atoms with Crippen LogP contribution in [-0.4, -0.2) is 35.3 Å². The molecule has 0 radical (unpaired) electrons. The predicted molar refractivity (Wildman–Crippen MR) is 134 cm³/mol. The Morgan fingerprint density at radius 1 is 1.24 bits per heavy atom. The number of guanidine groups is 1. The lowest BCUT2D eigenvalue weighted by Gasteiger charge is -2.43. The maximum Gasteiger partial charge on any atom is 0.416 e. The third-order valence-electron chi connectivity index (χ3n) is 5.92. The zero-order valence-electron chi connectivity index (χ0n) is 19.9. The number of aryl methyl sites for hydroxylation is 1. The standard InChI is InChI=1S/C25H23BrF3N5O3/c1-14-20(22(35)37-2)21(19-9-8-15(13-30)11-16(19)5-4-10-26)34(24(32)36)23(31)33(14)18-7-3-6-17(12-18)25(27,28)29/h3,6-9,11-12,21,31H,4-5,10H2,1-2H3,(H2,32,36). The summed E-state index contributed by atoms with van der Waals surface area (Å²) in [5, 5.41) is 18.8. The van der Waals surface area contributed by atoms with Gasteiger partial charge in [0.2, 0.25) is 5.96 Å². The minimum Gasteiger partial charge on any atom is -0.466 e. The number of nitrogens with zero attached hydrogens (tertiary/aromatic N) is 3. The van der Waals surface area contributed by atoms with Gasteiger partial charge in [-0.2, -0.15) is 18.4 Å². The van der Waals surface area contributed by atoms with Crippen LogP contribution in [0, 0.1) is 16.7 Å². The third-order valence-corrected chi connectivity index (χ3v) is 6.48. The molecular weight excluding hydrogens is 555 g/mol. The lowest BCUT2D eigenvalue weighted by Crippen LogP contribution is -2.55. The molecule has 3 rings (SSSR count). The molecule has 1 atom stereocenters. The van der Waals surface area contributed by atoms with Crippen molar-refractivity contribution in [3.8, 4) is 6.07 Å². The molecule has 37 heavy (non-hydrogen) atoms. The second-order valence-electron chi connectivity index (χ2n) is 8.13. The van der Waals surface area contributed by atoms with Crippen molar-refractivity contribution in [3.05, 3.63) is 76.0 Å². The Hall–Kier alpha value is -3.85. The van der Waals surface area contributed by atoms with Crippen molar-refractivity contribution in [3.63, 3.8) is 0 Å². The molecule has 194 valence electrons. The molecule has 0 spiro atoms. The molecule has 1 heterocycles. The van der Waals surface area contributed by atoms with E-state index in [4.69, 9.17) is 15.9 Å². The lowest BCUT2D eigenvalue weighted by atomic mass is 9.87. The molecule has 2 aromatic carbocycles. The Morgan fingerprint density at radius 3 is 2.51 bits per heavy atom. The van der Waals surface area contributed by atoms with Crippen LogP contribution in [0.3, 0.4) is 0 Å². The predicted octanol–water partition coefficient (Wildman–Crippen LogP) is 5.23. The topological polar surface area (TPSA) is 124 Å². The molecule has 0 bridgehead atoms. The Bertz CT molecular complexity index is 1320. The number of carbonyl (C=O) groups is 2. The molecule has 2 amide bonds. The second kappa shape index (κ2) is 11.0. The number of primary amides is 1. The molecule has 0 aliphatic carbocycles. The van der Waals surface area contributed by atoms with Gasteiger partial charge in [0.1, 0.15) is 6.04 Å². The van der Waals surface area contributed by atoms with Crippen LogP contribution in [0.2, 0.25) is 0 Å². The van der Waals surface area contributed by atoms with Gasteiger partial charge in [0.05, 0.1) is 29.9 Å². The van der Waals surface area contributed by atoms with E-state index < -0.39 is 35.7 Å². The van der Waals surface area contributed by atoms with E-state index in [9.17, 15) is 28.0 Å². The van der Waals surface area contributed by atoms with Gasteiger partial charge in [0.15, 0.2) is 0 Å². The smallest absolute Gasteiger partial charge is 0.416 e. The van der Waals surface area contributed by atoms with Crippen LogP contribution in [0.4, 0.5) is 23.7 Å². The second-order valence-corrected chi connectivity index (χ2v) is 8.92. The fourth-order valence-corrected chi connectivity index (χ4v) is 4.57. The van der Waals surface area contributed by atoms with Crippen LogP contribution in [0.15, 0.2) is 53.7 Å². The number of esters is 1. The lowest BCUT2D eigenvalue weighted by molar-refractivity contribution is -0.138. The summed E-state index contributed by atoms with van der Waals surface area (Å²) in [6.45, 7) is 1.45. The maximum absolute atomic E-state index is 13.4. The maximum atomic E-state index is 13.4. The summed E-state index contributed by atoms with van der Waals surface area (Å²) in [6, 6.07) is 8.64. The van der Waals surface area contributed by atoms with Crippen molar-refractivity contribution in [2.45, 2.75) is 32.0 Å². The van der Waals surface area contributed by atoms with Gasteiger partial charge in [-0.15, -0.1) is 0 Å². The summed E-state index contributed by atoms with van der Waals surface area (Å²) in [6.07, 6.45) is -3.53. The number of nitrogens with one attached hydrogen (secondary N) is 1. The number of anilines is 1. The first kappa shape index (κ1) is 27.7. The van der Waals surface area contributed by atoms with Crippen molar-refractivity contribution in [2.24, 2.45) is 5.73 Å². The van der Waals surface area contributed by atoms with Gasteiger partial charge in [0.25, 0.3) is 0 Å². The van der Waals surface area contributed by atoms with Gasteiger partial charge < -0.3 is 10.5 Å². The highest BCUT2D eigenvalue weighted by Gasteiger charge is 2.44. The number of allylic oxidation sites excluding steroid dienone is 1. The van der Waals surface area contributed by atoms with Crippen molar-refractivity contribution in [2.75, 3.05) is 17.3 Å². The molecule has 1 aliphatic rings. The highest BCUT2D eigenvalue weighted by atomic mass is 79.9. The van der Waals surface area contributed by atoms with E-state index in [1.165, 1.54) is 19.1 Å². The first-order valence-electron chi connectivity index (χ1n) is 11.0. The molecule has 0 fully saturated rings. The number of ether oxygens (including phenoxy) is 1. The Morgan fingerprint density at radius 2 is 1.95 bits per heavy atom. The van der Waals surface area contributed by atoms with Crippen LogP contribution in [0.1, 0.15) is 41.6 Å². The summed E-state index contributed by atoms with van der Waals surface area (Å²) in [7, 11) is 1.13. The first-order valence-corrected chi connectivity index (χ1v) is 12.1. The van der Waals surface area contributed by atoms with Gasteiger partial charge >= 0.3 is 18.2 Å². The van der Waals surface area contributed by atoms with Crippen molar-refractivity contribution >= 4 is 39.6 Å². The van der Waals surface area contributed by atoms with E-state index in [2.05, 4.69) is 22.0 Å². The Kier molecular flexibility index (Phi) is 8.28. The van der Waals surface area contributed by atoms with Gasteiger partial charge in [-0.3, -0.25) is 15.2 Å². The summed E-state index contributed by atoms with van der Waals surface area (Å²) in [4.78, 5) is 27.7. The minimum atomic E-state index is -4.66. The van der Waals surface area contributed by atoms with E-state index in [1.54, 1.807) is 12.1 Å². The molecule has 0 aromatic heterocycles. The first-order chi connectivity index (χ1) is 17.5. The van der Waals surface area contributed by atoms with E-state index in [0.717, 1.165) is 35.1 Å². The average molecular weight is 578 g/mol. The number of hydrogen-bond donors (Lipinski definition) is 2. The quantitative estimate of drug-likeness (QED) is 0.359. The number of benzene rings is 2. The molecule has 1 aliphatic heterocycles. The van der Waals surface area contributed by atoms with E-state index in [-0.39, 0.29) is 17.0 Å². The number of alkyl halides is 4. The number of urea groups is 1. The van der Waals surface area contributed by atoms with Crippen LogP contribution in [-0.2, 0) is 22.1 Å². The highest BCUT2D eigenvalue weighted by Crippen LogP contribution is 2.42. The van der Waals surface area contributed by atoms with Gasteiger partial charge in [-0.1, -0.05) is 28.1 Å². The summed E-state index contributed by atoms with van der Waals surface area (Å²) < 4.78 is 45.2. The normalized spacial score (nSPS) is 16.0. The summed E-state index contributed by atoms with van der Waals surface area (Å²) in [5.74, 6) is -1.40. The SMILES string of the molecule is COC(=O)C1=C(C)N(c2cccc(C(F)(F)F)c2)C(=N)N(C(N)=O)C1c1ccc(C#N)cc1CCCBr. The van der Waals surface area contributed by atoms with Crippen molar-refractivity contribution in [1.82, 2.24) is 4.90 Å². The molecule has 12 heteroatoms. The Labute approximate surface area is 219 Å². The number of nitriles is 1. The van der Waals surface area contributed by atoms with Gasteiger partial charge in [0, 0.05) is 16.7 Å². The molecule has 2 aromatic rings. The third kappa shape index (κ3) is 5.46. The fraction of sp³-hybridized carbons (Fsp3) is 0.280. The fourth-order valence-electron chi connectivity index (χ4n) is 4.28. The zero-order chi connectivity index (χ0) is 27.5. The van der Waals surface area contributed by atoms with E-state index in [0.29, 0.717) is 34.9 Å². The highest BCUT2D eigenvalue weighted by molar-refractivity contribution is 9.09. The van der Waals surface area contributed by atoms with Crippen molar-refractivity contribution < 1.29 is 27.5 Å². The summed E-state index contributed by atoms with van der Waals surface area (Å²) >= 11 is 3.36. The number of hydrogen-bond acceptors (Lipinski definition) is 5. The van der Waals surface area contributed by atoms with Crippen LogP contribution in [0.25, 0.3) is 0 Å². The molecule has 3 N–H and O–H groups in total. The largest absolute Gasteiger partial charge is 0.466 e.